The van der Waals surface area contributed by atoms with E-state index in [2.05, 4.69) is 32.7 Å². The van der Waals surface area contributed by atoms with Crippen molar-refractivity contribution < 1.29 is 4.39 Å². The standard InChI is InChI=1S/C15H25BrFN3/c1-4-7-20(9-8-19(2)3)15(11-18)13-6-5-12(16)10-14(13)17/h5-6,10,15H,4,7-9,11,18H2,1-3H3. The minimum Gasteiger partial charge on any atom is -0.329 e. The summed E-state index contributed by atoms with van der Waals surface area (Å²) in [5.74, 6) is -0.194. The van der Waals surface area contributed by atoms with Gasteiger partial charge in [-0.15, -0.1) is 0 Å². The van der Waals surface area contributed by atoms with E-state index in [1.54, 1.807) is 0 Å². The molecular weight excluding hydrogens is 321 g/mol. The fourth-order valence-corrected chi connectivity index (χ4v) is 2.62. The minimum absolute atomic E-state index is 0.0667. The van der Waals surface area contributed by atoms with Gasteiger partial charge in [0.1, 0.15) is 5.82 Å². The summed E-state index contributed by atoms with van der Waals surface area (Å²) in [6.45, 7) is 5.30. The Morgan fingerprint density at radius 3 is 2.45 bits per heavy atom. The minimum atomic E-state index is -0.194. The second-order valence-electron chi connectivity index (χ2n) is 5.26. The molecule has 0 aromatic heterocycles. The Balaban J connectivity index is 2.93. The van der Waals surface area contributed by atoms with Crippen LogP contribution in [0.25, 0.3) is 0 Å². The van der Waals surface area contributed by atoms with Crippen LogP contribution in [0.4, 0.5) is 4.39 Å². The zero-order valence-corrected chi connectivity index (χ0v) is 14.2. The zero-order valence-electron chi connectivity index (χ0n) is 12.6. The van der Waals surface area contributed by atoms with Gasteiger partial charge in [0, 0.05) is 35.7 Å². The second-order valence-corrected chi connectivity index (χ2v) is 6.17. The molecule has 0 radical (unpaired) electrons. The summed E-state index contributed by atoms with van der Waals surface area (Å²) in [5.41, 5.74) is 6.60. The Bertz CT molecular complexity index is 412. The smallest absolute Gasteiger partial charge is 0.129 e. The maximum absolute atomic E-state index is 14.2. The summed E-state index contributed by atoms with van der Waals surface area (Å²) < 4.78 is 14.9. The summed E-state index contributed by atoms with van der Waals surface area (Å²) in [6.07, 6.45) is 1.03. The van der Waals surface area contributed by atoms with E-state index in [0.29, 0.717) is 12.1 Å². The molecular formula is C15H25BrFN3. The monoisotopic (exact) mass is 345 g/mol. The average molecular weight is 346 g/mol. The first kappa shape index (κ1) is 17.6. The average Bonchev–Trinajstić information content (AvgIpc) is 2.38. The summed E-state index contributed by atoms with van der Waals surface area (Å²) in [6, 6.07) is 5.14. The Morgan fingerprint density at radius 2 is 1.95 bits per heavy atom. The number of hydrogen-bond acceptors (Lipinski definition) is 3. The molecule has 0 fully saturated rings. The van der Waals surface area contributed by atoms with Crippen LogP contribution >= 0.6 is 15.9 Å². The number of benzene rings is 1. The topological polar surface area (TPSA) is 32.5 Å². The van der Waals surface area contributed by atoms with E-state index in [0.717, 1.165) is 30.5 Å². The van der Waals surface area contributed by atoms with Gasteiger partial charge in [0.2, 0.25) is 0 Å². The second kappa shape index (κ2) is 8.72. The van der Waals surface area contributed by atoms with Crippen molar-refractivity contribution in [1.82, 2.24) is 9.80 Å². The van der Waals surface area contributed by atoms with Gasteiger partial charge in [-0.25, -0.2) is 4.39 Å². The number of rotatable bonds is 8. The maximum Gasteiger partial charge on any atom is 0.129 e. The van der Waals surface area contributed by atoms with Gasteiger partial charge in [-0.2, -0.15) is 0 Å². The van der Waals surface area contributed by atoms with Crippen LogP contribution in [0.15, 0.2) is 22.7 Å². The van der Waals surface area contributed by atoms with Gasteiger partial charge in [0.15, 0.2) is 0 Å². The van der Waals surface area contributed by atoms with E-state index in [-0.39, 0.29) is 11.9 Å². The van der Waals surface area contributed by atoms with Crippen molar-refractivity contribution >= 4 is 15.9 Å². The highest BCUT2D eigenvalue weighted by atomic mass is 79.9. The highest BCUT2D eigenvalue weighted by Crippen LogP contribution is 2.25. The van der Waals surface area contributed by atoms with Crippen LogP contribution in [0.1, 0.15) is 24.9 Å². The highest BCUT2D eigenvalue weighted by Gasteiger charge is 2.21. The summed E-state index contributed by atoms with van der Waals surface area (Å²) in [5, 5.41) is 0. The summed E-state index contributed by atoms with van der Waals surface area (Å²) in [4.78, 5) is 4.40. The molecule has 3 nitrogen and oxygen atoms in total. The van der Waals surface area contributed by atoms with E-state index >= 15 is 0 Å². The lowest BCUT2D eigenvalue weighted by atomic mass is 10.0. The quantitative estimate of drug-likeness (QED) is 0.786. The van der Waals surface area contributed by atoms with Gasteiger partial charge in [-0.3, -0.25) is 4.90 Å². The Kier molecular flexibility index (Phi) is 7.66. The lowest BCUT2D eigenvalue weighted by Crippen LogP contribution is -2.39. The van der Waals surface area contributed by atoms with Gasteiger partial charge < -0.3 is 10.6 Å². The molecule has 0 saturated heterocycles. The molecule has 0 saturated carbocycles. The molecule has 1 atom stereocenters. The molecule has 0 bridgehead atoms. The summed E-state index contributed by atoms with van der Waals surface area (Å²) in [7, 11) is 4.09. The van der Waals surface area contributed by atoms with E-state index in [9.17, 15) is 4.39 Å². The zero-order chi connectivity index (χ0) is 15.1. The predicted molar refractivity (Wildman–Crippen MR) is 86.3 cm³/mol. The van der Waals surface area contributed by atoms with Gasteiger partial charge in [-0.1, -0.05) is 28.9 Å². The van der Waals surface area contributed by atoms with Crippen molar-refractivity contribution in [2.45, 2.75) is 19.4 Å². The molecule has 0 spiro atoms. The first-order valence-corrected chi connectivity index (χ1v) is 7.82. The summed E-state index contributed by atoms with van der Waals surface area (Å²) >= 11 is 3.29. The number of halogens is 2. The third kappa shape index (κ3) is 5.13. The molecule has 2 N–H and O–H groups in total. The van der Waals surface area contributed by atoms with Crippen LogP contribution in [0, 0.1) is 5.82 Å². The number of hydrogen-bond donors (Lipinski definition) is 1. The fraction of sp³-hybridized carbons (Fsp3) is 0.600. The van der Waals surface area contributed by atoms with Crippen LogP contribution < -0.4 is 5.73 Å². The van der Waals surface area contributed by atoms with Crippen LogP contribution in [0.3, 0.4) is 0 Å². The Labute approximate surface area is 130 Å². The highest BCUT2D eigenvalue weighted by molar-refractivity contribution is 9.10. The molecule has 0 amide bonds. The van der Waals surface area contributed by atoms with Crippen LogP contribution in [-0.4, -0.2) is 50.1 Å². The molecule has 0 aliphatic rings. The fourth-order valence-electron chi connectivity index (χ4n) is 2.28. The molecule has 1 rings (SSSR count). The molecule has 0 aliphatic heterocycles. The number of nitrogens with zero attached hydrogens (tertiary/aromatic N) is 2. The number of likely N-dealkylation sites (N-methyl/N-ethyl adjacent to an activating group) is 1. The molecule has 0 aliphatic carbocycles. The maximum atomic E-state index is 14.2. The third-order valence-electron chi connectivity index (χ3n) is 3.33. The van der Waals surface area contributed by atoms with E-state index in [4.69, 9.17) is 5.73 Å². The first-order chi connectivity index (χ1) is 9.49. The van der Waals surface area contributed by atoms with E-state index < -0.39 is 0 Å². The van der Waals surface area contributed by atoms with Crippen molar-refractivity contribution in [3.63, 3.8) is 0 Å². The number of nitrogens with two attached hydrogens (primary N) is 1. The molecule has 1 aromatic carbocycles. The van der Waals surface area contributed by atoms with E-state index in [1.165, 1.54) is 6.07 Å². The van der Waals surface area contributed by atoms with Gasteiger partial charge >= 0.3 is 0 Å². The first-order valence-electron chi connectivity index (χ1n) is 7.03. The lowest BCUT2D eigenvalue weighted by Gasteiger charge is -2.32. The Morgan fingerprint density at radius 1 is 1.25 bits per heavy atom. The van der Waals surface area contributed by atoms with Crippen LogP contribution in [0.5, 0.6) is 0 Å². The molecule has 1 aromatic rings. The molecule has 114 valence electrons. The van der Waals surface area contributed by atoms with E-state index in [1.807, 2.05) is 26.2 Å². The van der Waals surface area contributed by atoms with Crippen LogP contribution in [-0.2, 0) is 0 Å². The van der Waals surface area contributed by atoms with Gasteiger partial charge in [0.25, 0.3) is 0 Å². The SMILES string of the molecule is CCCN(CCN(C)C)C(CN)c1ccc(Br)cc1F. The van der Waals surface area contributed by atoms with Gasteiger partial charge in [0.05, 0.1) is 0 Å². The third-order valence-corrected chi connectivity index (χ3v) is 3.82. The Hall–Kier alpha value is -0.490. The molecule has 1 unspecified atom stereocenters. The molecule has 0 heterocycles. The van der Waals surface area contributed by atoms with Crippen molar-refractivity contribution in [2.75, 3.05) is 40.3 Å². The van der Waals surface area contributed by atoms with Crippen molar-refractivity contribution in [2.24, 2.45) is 5.73 Å². The molecule has 5 heteroatoms. The lowest BCUT2D eigenvalue weighted by molar-refractivity contribution is 0.179. The van der Waals surface area contributed by atoms with Crippen molar-refractivity contribution in [3.8, 4) is 0 Å². The van der Waals surface area contributed by atoms with Gasteiger partial charge in [-0.05, 0) is 39.2 Å². The normalized spacial score (nSPS) is 13.2. The molecule has 20 heavy (non-hydrogen) atoms. The largest absolute Gasteiger partial charge is 0.329 e. The van der Waals surface area contributed by atoms with Crippen molar-refractivity contribution in [3.05, 3.63) is 34.1 Å². The predicted octanol–water partition coefficient (Wildman–Crippen LogP) is 2.86. The van der Waals surface area contributed by atoms with Crippen molar-refractivity contribution in [1.29, 1.82) is 0 Å². The van der Waals surface area contributed by atoms with Crippen LogP contribution in [0.2, 0.25) is 0 Å².